The van der Waals surface area contributed by atoms with E-state index in [2.05, 4.69) is 11.8 Å². The predicted octanol–water partition coefficient (Wildman–Crippen LogP) is 1.69. The van der Waals surface area contributed by atoms with E-state index in [-0.39, 0.29) is 16.9 Å². The number of halogens is 1. The van der Waals surface area contributed by atoms with E-state index in [9.17, 15) is 23.6 Å². The van der Waals surface area contributed by atoms with E-state index in [1.54, 1.807) is 0 Å². The summed E-state index contributed by atoms with van der Waals surface area (Å²) in [4.78, 5) is 47.2. The summed E-state index contributed by atoms with van der Waals surface area (Å²) in [6, 6.07) is 3.71. The van der Waals surface area contributed by atoms with E-state index in [1.807, 2.05) is 0 Å². The summed E-state index contributed by atoms with van der Waals surface area (Å²) in [5.41, 5.74) is 0.100. The van der Waals surface area contributed by atoms with E-state index in [0.29, 0.717) is 0 Å². The monoisotopic (exact) mass is 449 g/mol. The van der Waals surface area contributed by atoms with E-state index < -0.39 is 42.4 Å². The van der Waals surface area contributed by atoms with Crippen molar-refractivity contribution in [1.29, 1.82) is 0 Å². The van der Waals surface area contributed by atoms with Gasteiger partial charge < -0.3 is 0 Å². The Morgan fingerprint density at radius 1 is 1.04 bits per heavy atom. The number of amides is 1. The van der Waals surface area contributed by atoms with Crippen LogP contribution < -0.4 is 0 Å². The zero-order chi connectivity index (χ0) is 19.6. The van der Waals surface area contributed by atoms with Gasteiger partial charge in [0, 0.05) is 12.6 Å². The summed E-state index contributed by atoms with van der Waals surface area (Å²) in [6.45, 7) is 3.84. The average molecular weight is 450 g/mol. The second-order valence-electron chi connectivity index (χ2n) is 4.40. The molecule has 0 aliphatic heterocycles. The van der Waals surface area contributed by atoms with Gasteiger partial charge in [-0.1, -0.05) is 6.07 Å². The second-order valence-corrected chi connectivity index (χ2v) is 5.29. The zero-order valence-corrected chi connectivity index (χ0v) is 15.8. The van der Waals surface area contributed by atoms with Gasteiger partial charge in [-0.25, -0.2) is 9.45 Å². The third-order valence-electron chi connectivity index (χ3n) is 2.40. The molecule has 0 radical (unpaired) electrons. The Hall–Kier alpha value is -2.15. The van der Waals surface area contributed by atoms with Crippen LogP contribution >= 0.6 is 0 Å². The molecule has 0 unspecified atom stereocenters. The van der Waals surface area contributed by atoms with Gasteiger partial charge in [0.25, 0.3) is 5.91 Å². The molecule has 0 heterocycles. The van der Waals surface area contributed by atoms with E-state index in [0.717, 1.165) is 11.1 Å². The molecule has 142 valence electrons. The number of carbonyl (C=O) groups is 4. The largest absolute Gasteiger partial charge is 0.295 e. The van der Waals surface area contributed by atoms with Crippen LogP contribution in [0.25, 0.3) is 0 Å². The first-order valence-electron chi connectivity index (χ1n) is 6.67. The van der Waals surface area contributed by atoms with Crippen LogP contribution in [-0.2, 0) is 40.1 Å². The number of carbonyl (C=O) groups excluding carboxylic acids is 4. The molecular weight excluding hydrogens is 432 g/mol. The molecule has 0 bridgehead atoms. The van der Waals surface area contributed by atoms with Crippen LogP contribution in [0.15, 0.2) is 18.2 Å². The van der Waals surface area contributed by atoms with Gasteiger partial charge in [-0.3, -0.25) is 14.4 Å². The summed E-state index contributed by atoms with van der Waals surface area (Å²) in [5.74, 6) is -2.47. The van der Waals surface area contributed by atoms with Crippen molar-refractivity contribution >= 4 is 23.6 Å². The summed E-state index contributed by atoms with van der Waals surface area (Å²) in [7, 11) is 2.68. The number of hydrogen-bond acceptors (Lipinski definition) is 7. The normalized spacial score (nSPS) is 9.52. The van der Waals surface area contributed by atoms with Crippen molar-refractivity contribution in [3.8, 4) is 0 Å². The molecule has 1 aromatic rings. The topological polar surface area (TPSA) is 99.2 Å². The summed E-state index contributed by atoms with van der Waals surface area (Å²) < 4.78 is 22.1. The molecule has 0 fully saturated rings. The molecule has 0 aromatic heterocycles. The molecule has 10 heteroatoms. The molecule has 0 aliphatic carbocycles. The standard InChI is InChI=1S/C11H12FNO3.2C2H4O2.Pd/c1-7(14)8-4-5-9(10(12)6-8)11(15)13(2)16-3;2*1-2(3)4;/h4-6H,1-3H3;2*1H3,(H,3,4);/q;;;+2/p-2. The van der Waals surface area contributed by atoms with Crippen LogP contribution in [0.4, 0.5) is 4.39 Å². The van der Waals surface area contributed by atoms with Gasteiger partial charge in [-0.05, 0) is 19.1 Å². The van der Waals surface area contributed by atoms with Crippen LogP contribution in [0.1, 0.15) is 41.5 Å². The number of Topliss-reactive ketones (excluding diaryl/α,β-unsaturated/α-hetero) is 1. The Kier molecular flexibility index (Phi) is 10.4. The molecule has 0 saturated heterocycles. The smallest absolute Gasteiger partial charge is 0.280 e. The molecule has 1 rings (SSSR count). The van der Waals surface area contributed by atoms with Crippen molar-refractivity contribution in [3.05, 3.63) is 35.1 Å². The number of nitrogens with zero attached hydrogens (tertiary/aromatic N) is 1. The summed E-state index contributed by atoms with van der Waals surface area (Å²) in [6.07, 6.45) is 0. The second kappa shape index (κ2) is 11.4. The Morgan fingerprint density at radius 2 is 1.56 bits per heavy atom. The fraction of sp³-hybridized carbons (Fsp3) is 0.333. The number of ketones is 1. The first-order valence-corrected chi connectivity index (χ1v) is 7.94. The number of benzene rings is 1. The first-order chi connectivity index (χ1) is 11.6. The van der Waals surface area contributed by atoms with Crippen molar-refractivity contribution < 1.29 is 54.1 Å². The third kappa shape index (κ3) is 9.05. The minimum atomic E-state index is -0.735. The summed E-state index contributed by atoms with van der Waals surface area (Å²) >= 11 is -0.681. The molecule has 25 heavy (non-hydrogen) atoms. The first kappa shape index (κ1) is 22.9. The maximum atomic E-state index is 13.5. The summed E-state index contributed by atoms with van der Waals surface area (Å²) in [5, 5.41) is 0.909. The Labute approximate surface area is 153 Å². The molecule has 0 atom stereocenters. The third-order valence-corrected chi connectivity index (χ3v) is 3.55. The van der Waals surface area contributed by atoms with Crippen molar-refractivity contribution in [1.82, 2.24) is 5.06 Å². The Bertz CT molecular complexity index is 637. The van der Waals surface area contributed by atoms with Gasteiger partial charge >= 0.3 is 61.0 Å². The van der Waals surface area contributed by atoms with Gasteiger partial charge in [-0.2, -0.15) is 0 Å². The van der Waals surface area contributed by atoms with E-state index in [4.69, 9.17) is 0 Å². The molecular formula is C15H18FNO7Pd. The fourth-order valence-corrected chi connectivity index (χ4v) is 1.68. The van der Waals surface area contributed by atoms with Crippen LogP contribution in [0, 0.1) is 5.82 Å². The predicted molar refractivity (Wildman–Crippen MR) is 79.0 cm³/mol. The Balaban J connectivity index is 0.000000547. The van der Waals surface area contributed by atoms with Crippen LogP contribution in [-0.4, -0.2) is 42.8 Å². The van der Waals surface area contributed by atoms with Gasteiger partial charge in [0.15, 0.2) is 5.78 Å². The molecule has 0 aliphatic rings. The van der Waals surface area contributed by atoms with E-state index in [1.165, 1.54) is 47.1 Å². The number of hydrogen-bond donors (Lipinski definition) is 0. The molecule has 1 aromatic carbocycles. The molecule has 0 N–H and O–H groups in total. The minimum absolute atomic E-state index is 0.130. The minimum Gasteiger partial charge on any atom is -0.295 e. The van der Waals surface area contributed by atoms with Crippen LogP contribution in [0.5, 0.6) is 0 Å². The van der Waals surface area contributed by atoms with Crippen LogP contribution in [0.2, 0.25) is 0 Å². The fourth-order valence-electron chi connectivity index (χ4n) is 1.25. The van der Waals surface area contributed by atoms with Gasteiger partial charge in [0.05, 0.1) is 12.7 Å². The van der Waals surface area contributed by atoms with Crippen molar-refractivity contribution in [3.63, 3.8) is 0 Å². The van der Waals surface area contributed by atoms with Crippen molar-refractivity contribution in [2.24, 2.45) is 0 Å². The SMILES string of the molecule is CC(=O)[O][Pd][O]C(C)=O.CON(C)C(=O)c1ccc(C(C)=O)cc1F. The maximum absolute atomic E-state index is 13.5. The molecule has 0 saturated carbocycles. The Morgan fingerprint density at radius 3 is 1.92 bits per heavy atom. The molecule has 0 spiro atoms. The quantitative estimate of drug-likeness (QED) is 0.383. The zero-order valence-electron chi connectivity index (χ0n) is 14.2. The maximum Gasteiger partial charge on any atom is 0.280 e. The molecule has 1 amide bonds. The van der Waals surface area contributed by atoms with Crippen LogP contribution in [0.3, 0.4) is 0 Å². The molecule has 8 nitrogen and oxygen atoms in total. The van der Waals surface area contributed by atoms with E-state index >= 15 is 0 Å². The van der Waals surface area contributed by atoms with Gasteiger partial charge in [0.1, 0.15) is 5.82 Å². The number of hydroxylamine groups is 2. The van der Waals surface area contributed by atoms with Gasteiger partial charge in [0.2, 0.25) is 0 Å². The number of rotatable bonds is 5. The van der Waals surface area contributed by atoms with Gasteiger partial charge in [-0.15, -0.1) is 0 Å². The van der Waals surface area contributed by atoms with Crippen molar-refractivity contribution in [2.75, 3.05) is 14.2 Å². The average Bonchev–Trinajstić information content (AvgIpc) is 2.53. The van der Waals surface area contributed by atoms with Crippen molar-refractivity contribution in [2.45, 2.75) is 20.8 Å².